The van der Waals surface area contributed by atoms with Crippen LogP contribution in [0.25, 0.3) is 6.08 Å². The van der Waals surface area contributed by atoms with Crippen LogP contribution < -0.4 is 0 Å². The fourth-order valence-electron chi connectivity index (χ4n) is 1.06. The highest BCUT2D eigenvalue weighted by Crippen LogP contribution is 2.12. The molecule has 0 unspecified atom stereocenters. The zero-order valence-corrected chi connectivity index (χ0v) is 10.2. The third-order valence-corrected chi connectivity index (χ3v) is 2.75. The molecule has 2 nitrogen and oxygen atoms in total. The van der Waals surface area contributed by atoms with Gasteiger partial charge in [-0.25, -0.2) is 4.98 Å². The molecule has 0 saturated heterocycles. The molecule has 4 heteroatoms. The maximum Gasteiger partial charge on any atom is 0.186 e. The van der Waals surface area contributed by atoms with Crippen molar-refractivity contribution in [1.29, 1.82) is 0 Å². The summed E-state index contributed by atoms with van der Waals surface area (Å²) in [6.07, 6.45) is 3.90. The molecule has 1 aromatic heterocycles. The molecule has 0 N–H and O–H groups in total. The van der Waals surface area contributed by atoms with Crippen molar-refractivity contribution in [2.24, 2.45) is 0 Å². The molecule has 0 aliphatic carbocycles. The van der Waals surface area contributed by atoms with E-state index < -0.39 is 0 Å². The molecule has 0 bridgehead atoms. The Labute approximate surface area is 98.7 Å². The molecule has 0 aliphatic heterocycles. The van der Waals surface area contributed by atoms with Crippen molar-refractivity contribution in [1.82, 2.24) is 4.98 Å². The predicted octanol–water partition coefficient (Wildman–Crippen LogP) is 3.34. The van der Waals surface area contributed by atoms with Crippen LogP contribution in [0.2, 0.25) is 5.15 Å². The van der Waals surface area contributed by atoms with Crippen LogP contribution in [0.5, 0.6) is 0 Å². The van der Waals surface area contributed by atoms with Crippen LogP contribution in [0.1, 0.15) is 18.2 Å². The van der Waals surface area contributed by atoms with Crippen molar-refractivity contribution in [2.45, 2.75) is 13.8 Å². The van der Waals surface area contributed by atoms with E-state index in [1.807, 2.05) is 25.1 Å². The standard InChI is InChI=1S/C11H12ClNOS/c1-8-10(5-6-11(12)13-8)4-3-7-15-9(2)14/h3-6H,7H2,1-2H3. The molecule has 15 heavy (non-hydrogen) atoms. The SMILES string of the molecule is CC(=O)SCC=Cc1ccc(Cl)nc1C. The fourth-order valence-corrected chi connectivity index (χ4v) is 1.67. The smallest absolute Gasteiger partial charge is 0.186 e. The summed E-state index contributed by atoms with van der Waals surface area (Å²) >= 11 is 7.02. The van der Waals surface area contributed by atoms with Gasteiger partial charge in [-0.15, -0.1) is 0 Å². The zero-order chi connectivity index (χ0) is 11.3. The Kier molecular flexibility index (Phi) is 4.85. The lowest BCUT2D eigenvalue weighted by Gasteiger charge is -1.99. The zero-order valence-electron chi connectivity index (χ0n) is 8.66. The second kappa shape index (κ2) is 5.93. The van der Waals surface area contributed by atoms with Crippen LogP contribution in [0.15, 0.2) is 18.2 Å². The number of carbonyl (C=O) groups excluding carboxylic acids is 1. The molecular weight excluding hydrogens is 230 g/mol. The Balaban J connectivity index is 2.60. The first-order valence-electron chi connectivity index (χ1n) is 4.52. The average Bonchev–Trinajstić information content (AvgIpc) is 2.14. The summed E-state index contributed by atoms with van der Waals surface area (Å²) in [5, 5.41) is 0.633. The lowest BCUT2D eigenvalue weighted by Crippen LogP contribution is -1.87. The Morgan fingerprint density at radius 2 is 2.33 bits per heavy atom. The number of aromatic nitrogens is 1. The molecule has 0 aliphatic rings. The van der Waals surface area contributed by atoms with Gasteiger partial charge in [-0.05, 0) is 18.6 Å². The van der Waals surface area contributed by atoms with Gasteiger partial charge in [-0.3, -0.25) is 4.79 Å². The van der Waals surface area contributed by atoms with Gasteiger partial charge in [0.1, 0.15) is 5.15 Å². The van der Waals surface area contributed by atoms with E-state index in [2.05, 4.69) is 4.98 Å². The number of carbonyl (C=O) groups is 1. The van der Waals surface area contributed by atoms with Gasteiger partial charge in [-0.2, -0.15) is 0 Å². The number of hydrogen-bond donors (Lipinski definition) is 0. The monoisotopic (exact) mass is 241 g/mol. The molecule has 0 aromatic carbocycles. The Bertz CT molecular complexity index is 390. The topological polar surface area (TPSA) is 30.0 Å². The average molecular weight is 242 g/mol. The second-order valence-electron chi connectivity index (χ2n) is 3.01. The van der Waals surface area contributed by atoms with E-state index in [0.717, 1.165) is 11.3 Å². The van der Waals surface area contributed by atoms with Gasteiger partial charge in [0.25, 0.3) is 0 Å². The molecule has 1 aromatic rings. The Morgan fingerprint density at radius 1 is 1.60 bits per heavy atom. The minimum Gasteiger partial charge on any atom is -0.288 e. The van der Waals surface area contributed by atoms with E-state index in [1.165, 1.54) is 11.8 Å². The van der Waals surface area contributed by atoms with Crippen LogP contribution in [-0.4, -0.2) is 15.9 Å². The second-order valence-corrected chi connectivity index (χ2v) is 4.60. The van der Waals surface area contributed by atoms with Gasteiger partial charge in [0.05, 0.1) is 0 Å². The van der Waals surface area contributed by atoms with Crippen LogP contribution in [0, 0.1) is 6.92 Å². The normalized spacial score (nSPS) is 10.9. The lowest BCUT2D eigenvalue weighted by atomic mass is 10.2. The first-order chi connectivity index (χ1) is 7.09. The van der Waals surface area contributed by atoms with Crippen LogP contribution in [-0.2, 0) is 4.79 Å². The number of nitrogens with zero attached hydrogens (tertiary/aromatic N) is 1. The quantitative estimate of drug-likeness (QED) is 0.761. The number of hydrogen-bond acceptors (Lipinski definition) is 3. The summed E-state index contributed by atoms with van der Waals surface area (Å²) in [6, 6.07) is 3.67. The molecule has 0 spiro atoms. The predicted molar refractivity (Wildman–Crippen MR) is 66.2 cm³/mol. The molecule has 0 saturated carbocycles. The summed E-state index contributed by atoms with van der Waals surface area (Å²) < 4.78 is 0. The Morgan fingerprint density at radius 3 is 2.93 bits per heavy atom. The molecule has 0 radical (unpaired) electrons. The first-order valence-corrected chi connectivity index (χ1v) is 5.89. The summed E-state index contributed by atoms with van der Waals surface area (Å²) in [5.41, 5.74) is 1.93. The number of aryl methyl sites for hydroxylation is 1. The number of rotatable bonds is 3. The van der Waals surface area contributed by atoms with Crippen molar-refractivity contribution in [3.8, 4) is 0 Å². The molecule has 0 amide bonds. The largest absolute Gasteiger partial charge is 0.288 e. The minimum atomic E-state index is 0.130. The van der Waals surface area contributed by atoms with Gasteiger partial charge in [-0.1, -0.05) is 41.6 Å². The third kappa shape index (κ3) is 4.49. The summed E-state index contributed by atoms with van der Waals surface area (Å²) in [6.45, 7) is 3.47. The van der Waals surface area contributed by atoms with Gasteiger partial charge in [0, 0.05) is 18.4 Å². The third-order valence-electron chi connectivity index (χ3n) is 1.77. The molecule has 0 fully saturated rings. The molecule has 1 rings (SSSR count). The maximum absolute atomic E-state index is 10.7. The highest BCUT2D eigenvalue weighted by molar-refractivity contribution is 8.13. The maximum atomic E-state index is 10.7. The van der Waals surface area contributed by atoms with Gasteiger partial charge in [0.2, 0.25) is 0 Å². The lowest BCUT2D eigenvalue weighted by molar-refractivity contribution is -0.109. The highest BCUT2D eigenvalue weighted by Gasteiger charge is 1.96. The number of thioether (sulfide) groups is 1. The van der Waals surface area contributed by atoms with Crippen molar-refractivity contribution in [3.05, 3.63) is 34.6 Å². The minimum absolute atomic E-state index is 0.130. The van der Waals surface area contributed by atoms with Crippen molar-refractivity contribution in [3.63, 3.8) is 0 Å². The van der Waals surface area contributed by atoms with Crippen LogP contribution >= 0.6 is 23.4 Å². The first kappa shape index (κ1) is 12.3. The molecule has 0 atom stereocenters. The Hall–Kier alpha value is -0.800. The van der Waals surface area contributed by atoms with E-state index in [9.17, 15) is 4.79 Å². The summed E-state index contributed by atoms with van der Waals surface area (Å²) in [7, 11) is 0. The van der Waals surface area contributed by atoms with Gasteiger partial charge in [0.15, 0.2) is 5.12 Å². The van der Waals surface area contributed by atoms with E-state index in [-0.39, 0.29) is 5.12 Å². The fraction of sp³-hybridized carbons (Fsp3) is 0.273. The van der Waals surface area contributed by atoms with E-state index >= 15 is 0 Å². The van der Waals surface area contributed by atoms with E-state index in [4.69, 9.17) is 11.6 Å². The van der Waals surface area contributed by atoms with Crippen LogP contribution in [0.3, 0.4) is 0 Å². The summed E-state index contributed by atoms with van der Waals surface area (Å²) in [4.78, 5) is 14.8. The van der Waals surface area contributed by atoms with E-state index in [1.54, 1.807) is 13.0 Å². The number of halogens is 1. The highest BCUT2D eigenvalue weighted by atomic mass is 35.5. The van der Waals surface area contributed by atoms with Gasteiger partial charge < -0.3 is 0 Å². The van der Waals surface area contributed by atoms with Crippen LogP contribution in [0.4, 0.5) is 0 Å². The summed E-state index contributed by atoms with van der Waals surface area (Å²) in [5.74, 6) is 0.692. The van der Waals surface area contributed by atoms with Crippen molar-refractivity contribution >= 4 is 34.6 Å². The van der Waals surface area contributed by atoms with Gasteiger partial charge >= 0.3 is 0 Å². The molecular formula is C11H12ClNOS. The van der Waals surface area contributed by atoms with E-state index in [0.29, 0.717) is 10.9 Å². The number of pyridine rings is 1. The van der Waals surface area contributed by atoms with Crippen molar-refractivity contribution < 1.29 is 4.79 Å². The molecule has 1 heterocycles. The molecule has 80 valence electrons. The van der Waals surface area contributed by atoms with Crippen molar-refractivity contribution in [2.75, 3.05) is 5.75 Å².